The summed E-state index contributed by atoms with van der Waals surface area (Å²) < 4.78 is 30.8. The molecule has 0 amide bonds. The molecule has 0 aliphatic carbocycles. The normalized spacial score (nSPS) is 11.9. The smallest absolute Gasteiger partial charge is 0.273 e. The Morgan fingerprint density at radius 1 is 1.42 bits per heavy atom. The first-order chi connectivity index (χ1) is 9.02. The molecule has 2 aromatic rings. The van der Waals surface area contributed by atoms with Gasteiger partial charge in [0, 0.05) is 19.5 Å². The molecule has 0 unspecified atom stereocenters. The highest BCUT2D eigenvalue weighted by Gasteiger charge is 2.21. The molecule has 19 heavy (non-hydrogen) atoms. The molecule has 0 aromatic carbocycles. The predicted molar refractivity (Wildman–Crippen MR) is 64.6 cm³/mol. The van der Waals surface area contributed by atoms with E-state index in [1.54, 1.807) is 23.1 Å². The van der Waals surface area contributed by atoms with Crippen LogP contribution in [0.15, 0.2) is 23.6 Å². The number of rotatable bonds is 6. The second-order valence-corrected chi connectivity index (χ2v) is 5.25. The van der Waals surface area contributed by atoms with Crippen LogP contribution in [0.3, 0.4) is 0 Å². The van der Waals surface area contributed by atoms with Crippen LogP contribution in [0.1, 0.15) is 5.82 Å². The van der Waals surface area contributed by atoms with Crippen LogP contribution in [0.2, 0.25) is 0 Å². The van der Waals surface area contributed by atoms with Crippen molar-refractivity contribution in [3.8, 4) is 0 Å². The highest BCUT2D eigenvalue weighted by Crippen LogP contribution is 2.08. The van der Waals surface area contributed by atoms with Crippen LogP contribution in [-0.2, 0) is 27.8 Å². The molecule has 2 N–H and O–H groups in total. The Labute approximate surface area is 110 Å². The first kappa shape index (κ1) is 13.6. The fourth-order valence-corrected chi connectivity index (χ4v) is 2.25. The van der Waals surface area contributed by atoms with E-state index in [1.807, 2.05) is 0 Å². The quantitative estimate of drug-likeness (QED) is 0.714. The van der Waals surface area contributed by atoms with Crippen molar-refractivity contribution in [3.05, 3.63) is 24.3 Å². The van der Waals surface area contributed by atoms with Gasteiger partial charge in [-0.25, -0.2) is 13.6 Å². The van der Waals surface area contributed by atoms with Crippen molar-refractivity contribution in [2.24, 2.45) is 5.14 Å². The Morgan fingerprint density at radius 3 is 2.79 bits per heavy atom. The lowest BCUT2D eigenvalue weighted by atomic mass is 10.5. The summed E-state index contributed by atoms with van der Waals surface area (Å²) in [7, 11) is -2.40. The molecule has 0 spiro atoms. The summed E-state index contributed by atoms with van der Waals surface area (Å²) in [6.07, 6.45) is 3.36. The number of primary sulfonamides is 1. The van der Waals surface area contributed by atoms with Gasteiger partial charge < -0.3 is 4.74 Å². The van der Waals surface area contributed by atoms with E-state index >= 15 is 0 Å². The molecule has 0 bridgehead atoms. The molecule has 0 atom stereocenters. The van der Waals surface area contributed by atoms with Crippen molar-refractivity contribution < 1.29 is 13.2 Å². The van der Waals surface area contributed by atoms with Crippen LogP contribution in [0, 0.1) is 0 Å². The molecule has 2 rings (SSSR count). The van der Waals surface area contributed by atoms with E-state index in [0.717, 1.165) is 0 Å². The first-order valence-electron chi connectivity index (χ1n) is 5.43. The third kappa shape index (κ3) is 3.16. The maximum atomic E-state index is 11.4. The van der Waals surface area contributed by atoms with Gasteiger partial charge in [0.2, 0.25) is 0 Å². The maximum Gasteiger partial charge on any atom is 0.273 e. The lowest BCUT2D eigenvalue weighted by Gasteiger charge is -2.08. The van der Waals surface area contributed by atoms with Crippen LogP contribution in [0.4, 0.5) is 0 Å². The third-order valence-corrected chi connectivity index (χ3v) is 3.24. The minimum atomic E-state index is -3.92. The van der Waals surface area contributed by atoms with Crippen LogP contribution in [0.5, 0.6) is 0 Å². The molecular formula is C9H14N6O3S. The zero-order valence-corrected chi connectivity index (χ0v) is 11.1. The van der Waals surface area contributed by atoms with Crippen molar-refractivity contribution in [1.82, 2.24) is 24.5 Å². The van der Waals surface area contributed by atoms with Gasteiger partial charge in [-0.05, 0) is 6.07 Å². The van der Waals surface area contributed by atoms with E-state index in [1.165, 1.54) is 11.7 Å². The summed E-state index contributed by atoms with van der Waals surface area (Å²) in [6, 6.07) is 1.76. The van der Waals surface area contributed by atoms with Gasteiger partial charge in [-0.1, -0.05) is 0 Å². The second-order valence-electron chi connectivity index (χ2n) is 3.79. The Bertz CT molecular complexity index is 633. The number of aromatic nitrogens is 5. The second kappa shape index (κ2) is 5.47. The van der Waals surface area contributed by atoms with Gasteiger partial charge in [-0.2, -0.15) is 5.10 Å². The number of ether oxygens (including phenoxy) is 1. The van der Waals surface area contributed by atoms with Crippen LogP contribution < -0.4 is 5.14 Å². The summed E-state index contributed by atoms with van der Waals surface area (Å²) in [5.74, 6) is 0.449. The maximum absolute atomic E-state index is 11.4. The Hall–Kier alpha value is -1.78. The molecule has 9 nitrogen and oxygen atoms in total. The Kier molecular flexibility index (Phi) is 3.93. The minimum Gasteiger partial charge on any atom is -0.383 e. The topological polar surface area (TPSA) is 118 Å². The zero-order valence-electron chi connectivity index (χ0n) is 10.3. The molecule has 0 fully saturated rings. The predicted octanol–water partition coefficient (Wildman–Crippen LogP) is -1.18. The number of methoxy groups -OCH3 is 1. The number of hydrogen-bond acceptors (Lipinski definition) is 6. The number of nitrogens with zero attached hydrogens (tertiary/aromatic N) is 5. The Morgan fingerprint density at radius 2 is 2.21 bits per heavy atom. The molecule has 0 radical (unpaired) electrons. The molecular weight excluding hydrogens is 272 g/mol. The van der Waals surface area contributed by atoms with Crippen molar-refractivity contribution in [3.63, 3.8) is 0 Å². The van der Waals surface area contributed by atoms with Gasteiger partial charge in [0.15, 0.2) is 5.82 Å². The molecule has 2 aromatic heterocycles. The summed E-state index contributed by atoms with van der Waals surface area (Å²) >= 11 is 0. The zero-order chi connectivity index (χ0) is 13.9. The van der Waals surface area contributed by atoms with Gasteiger partial charge in [0.25, 0.3) is 15.2 Å². The van der Waals surface area contributed by atoms with Gasteiger partial charge in [-0.3, -0.25) is 9.25 Å². The molecule has 0 saturated carbocycles. The summed E-state index contributed by atoms with van der Waals surface area (Å²) in [6.45, 7) is 0.928. The average molecular weight is 286 g/mol. The van der Waals surface area contributed by atoms with Crippen LogP contribution in [-0.4, -0.2) is 46.7 Å². The molecule has 2 heterocycles. The number of hydrogen-bond donors (Lipinski definition) is 1. The largest absolute Gasteiger partial charge is 0.383 e. The monoisotopic (exact) mass is 286 g/mol. The van der Waals surface area contributed by atoms with Gasteiger partial charge in [-0.15, -0.1) is 10.2 Å². The van der Waals surface area contributed by atoms with E-state index in [0.29, 0.717) is 25.5 Å². The summed E-state index contributed by atoms with van der Waals surface area (Å²) in [4.78, 5) is 0. The molecule has 0 saturated heterocycles. The highest BCUT2D eigenvalue weighted by atomic mass is 32.2. The van der Waals surface area contributed by atoms with Gasteiger partial charge in [0.05, 0.1) is 13.2 Å². The fraction of sp³-hybridized carbons (Fsp3) is 0.444. The Balaban J connectivity index is 2.35. The van der Waals surface area contributed by atoms with E-state index in [2.05, 4.69) is 15.3 Å². The van der Waals surface area contributed by atoms with Crippen LogP contribution in [0.25, 0.3) is 0 Å². The summed E-state index contributed by atoms with van der Waals surface area (Å²) in [5.41, 5.74) is 0. The van der Waals surface area contributed by atoms with E-state index < -0.39 is 10.0 Å². The first-order valence-corrected chi connectivity index (χ1v) is 6.98. The number of sulfonamides is 1. The molecule has 0 aliphatic rings. The lowest BCUT2D eigenvalue weighted by Crippen LogP contribution is -2.21. The lowest BCUT2D eigenvalue weighted by molar-refractivity contribution is 0.183. The average Bonchev–Trinajstić information content (AvgIpc) is 2.96. The SMILES string of the molecule is COCCn1c(Cn2cccn2)nnc1S(N)(=O)=O. The molecule has 0 aliphatic heterocycles. The standard InChI is InChI=1S/C9H14N6O3S/c1-18-6-5-15-8(7-14-4-2-3-11-14)12-13-9(15)19(10,16)17/h2-4H,5-7H2,1H3,(H2,10,16,17). The van der Waals surface area contributed by atoms with E-state index in [4.69, 9.17) is 9.88 Å². The molecule has 10 heteroatoms. The van der Waals surface area contributed by atoms with Crippen molar-refractivity contribution in [2.45, 2.75) is 18.2 Å². The van der Waals surface area contributed by atoms with Crippen LogP contribution >= 0.6 is 0 Å². The van der Waals surface area contributed by atoms with E-state index in [9.17, 15) is 8.42 Å². The summed E-state index contributed by atoms with van der Waals surface area (Å²) in [5, 5.41) is 16.3. The van der Waals surface area contributed by atoms with Crippen molar-refractivity contribution in [2.75, 3.05) is 13.7 Å². The van der Waals surface area contributed by atoms with Crippen molar-refractivity contribution >= 4 is 10.0 Å². The van der Waals surface area contributed by atoms with E-state index in [-0.39, 0.29) is 5.16 Å². The fourth-order valence-electron chi connectivity index (χ4n) is 1.59. The highest BCUT2D eigenvalue weighted by molar-refractivity contribution is 7.89. The third-order valence-electron chi connectivity index (χ3n) is 2.43. The number of nitrogens with two attached hydrogens (primary N) is 1. The minimum absolute atomic E-state index is 0.272. The van der Waals surface area contributed by atoms with Crippen molar-refractivity contribution in [1.29, 1.82) is 0 Å². The van der Waals surface area contributed by atoms with Gasteiger partial charge in [0.1, 0.15) is 6.54 Å². The van der Waals surface area contributed by atoms with Gasteiger partial charge >= 0.3 is 0 Å². The molecule has 104 valence electrons.